The fourth-order valence-corrected chi connectivity index (χ4v) is 6.34. The molecule has 230 valence electrons. The summed E-state index contributed by atoms with van der Waals surface area (Å²) >= 11 is 1.71. The van der Waals surface area contributed by atoms with Crippen LogP contribution in [0.15, 0.2) is 30.5 Å². The molecule has 0 amide bonds. The number of pyridine rings is 1. The third-order valence-electron chi connectivity index (χ3n) is 7.23. The average Bonchev–Trinajstić information content (AvgIpc) is 2.91. The van der Waals surface area contributed by atoms with Gasteiger partial charge < -0.3 is 14.5 Å². The lowest BCUT2D eigenvalue weighted by atomic mass is 9.74. The number of aliphatic hydroxyl groups is 1. The number of aromatic nitrogens is 1. The number of allylic oxidation sites excluding steroid dienone is 3. The van der Waals surface area contributed by atoms with Gasteiger partial charge in [-0.25, -0.2) is 4.39 Å². The van der Waals surface area contributed by atoms with Crippen LogP contribution in [-0.2, 0) is 11.2 Å². The summed E-state index contributed by atoms with van der Waals surface area (Å²) < 4.78 is 16.7. The molecule has 0 bridgehead atoms. The minimum Gasteiger partial charge on any atom is -0.483 e. The fraction of sp³-hybridized carbons (Fsp3) is 0.486. The molecule has 2 aliphatic rings. The predicted octanol–water partition coefficient (Wildman–Crippen LogP) is 9.10. The Morgan fingerprint density at radius 3 is 2.24 bits per heavy atom. The van der Waals surface area contributed by atoms with E-state index < -0.39 is 5.60 Å². The van der Waals surface area contributed by atoms with Gasteiger partial charge in [0.2, 0.25) is 0 Å². The minimum absolute atomic E-state index is 0.0379. The monoisotopic (exact) mass is 596 g/mol. The Bertz CT molecular complexity index is 1300. The van der Waals surface area contributed by atoms with Gasteiger partial charge in [-0.1, -0.05) is 50.9 Å². The summed E-state index contributed by atoms with van der Waals surface area (Å²) in [5.74, 6) is -0.278. The van der Waals surface area contributed by atoms with Crippen molar-refractivity contribution in [3.63, 3.8) is 0 Å². The van der Waals surface area contributed by atoms with Crippen LogP contribution in [0.4, 0.5) is 10.1 Å². The molecule has 2 aromatic rings. The predicted molar refractivity (Wildman–Crippen MR) is 178 cm³/mol. The van der Waals surface area contributed by atoms with E-state index in [4.69, 9.17) is 15.0 Å². The largest absolute Gasteiger partial charge is 0.483 e. The van der Waals surface area contributed by atoms with E-state index in [9.17, 15) is 4.39 Å². The molecule has 1 aromatic carbocycles. The molecule has 0 fully saturated rings. The fourth-order valence-electron chi connectivity index (χ4n) is 5.52. The van der Waals surface area contributed by atoms with Crippen molar-refractivity contribution in [3.8, 4) is 24.1 Å². The van der Waals surface area contributed by atoms with Gasteiger partial charge in [-0.2, -0.15) is 0 Å². The van der Waals surface area contributed by atoms with E-state index in [1.807, 2.05) is 6.92 Å². The molecule has 0 saturated carbocycles. The normalized spacial score (nSPS) is 16.8. The number of carbonyl (C=O) groups is 1. The first kappa shape index (κ1) is 36.9. The summed E-state index contributed by atoms with van der Waals surface area (Å²) in [6.07, 6.45) is 22.6. The van der Waals surface area contributed by atoms with Crippen LogP contribution in [0.25, 0.3) is 16.8 Å². The van der Waals surface area contributed by atoms with Crippen molar-refractivity contribution in [3.05, 3.63) is 64.1 Å². The van der Waals surface area contributed by atoms with Crippen LogP contribution in [-0.4, -0.2) is 33.5 Å². The quantitative estimate of drug-likeness (QED) is 0.159. The third kappa shape index (κ3) is 8.96. The average molecular weight is 597 g/mol. The van der Waals surface area contributed by atoms with Crippen LogP contribution >= 0.6 is 11.9 Å². The lowest BCUT2D eigenvalue weighted by Gasteiger charge is -2.40. The van der Waals surface area contributed by atoms with Gasteiger partial charge in [-0.3, -0.25) is 9.78 Å². The van der Waals surface area contributed by atoms with Crippen molar-refractivity contribution in [1.82, 2.24) is 4.98 Å². The standard InChI is InChI=1S/C28H35FN2S.C4H10O.C2H2.CH2O2/c1-8-10-23-22-15-20(29)16-30-26(22)25-18(4)24(19-11-13-28(5,6)14-12-19)21(9-2)17(3)27(25)31(23)32-7;1-4(2,3)5;1-2;2-1-3/h8,10-11,15-16,23H,9,12-14H2,1-7H3;5H,1-3H3;1-2H;1H,(H,2,3)/b10-8-;;;. The highest BCUT2D eigenvalue weighted by Crippen LogP contribution is 2.53. The van der Waals surface area contributed by atoms with Gasteiger partial charge in [0.1, 0.15) is 5.82 Å². The van der Waals surface area contributed by atoms with Crippen molar-refractivity contribution in [2.45, 2.75) is 99.6 Å². The third-order valence-corrected chi connectivity index (χ3v) is 8.03. The minimum atomic E-state index is -0.500. The van der Waals surface area contributed by atoms with Crippen LogP contribution in [0.2, 0.25) is 0 Å². The van der Waals surface area contributed by atoms with Crippen molar-refractivity contribution in [1.29, 1.82) is 0 Å². The topological polar surface area (TPSA) is 73.7 Å². The highest BCUT2D eigenvalue weighted by atomic mass is 32.2. The number of anilines is 1. The van der Waals surface area contributed by atoms with Crippen LogP contribution in [0.3, 0.4) is 0 Å². The molecule has 0 saturated heterocycles. The van der Waals surface area contributed by atoms with Crippen LogP contribution in [0.1, 0.15) is 102 Å². The summed E-state index contributed by atoms with van der Waals surface area (Å²) in [6.45, 7) is 18.5. The van der Waals surface area contributed by atoms with Gasteiger partial charge in [-0.05, 0) is 107 Å². The van der Waals surface area contributed by atoms with Gasteiger partial charge >= 0.3 is 0 Å². The smallest absolute Gasteiger partial charge is 0.290 e. The zero-order valence-corrected chi connectivity index (χ0v) is 27.8. The van der Waals surface area contributed by atoms with E-state index in [2.05, 4.69) is 81.2 Å². The Labute approximate surface area is 257 Å². The van der Waals surface area contributed by atoms with Gasteiger partial charge in [0.05, 0.1) is 29.2 Å². The molecule has 4 rings (SSSR count). The Hall–Kier alpha value is -3.08. The maximum absolute atomic E-state index is 14.3. The van der Waals surface area contributed by atoms with E-state index in [-0.39, 0.29) is 18.3 Å². The first-order chi connectivity index (χ1) is 19.6. The molecule has 1 atom stereocenters. The van der Waals surface area contributed by atoms with Crippen LogP contribution in [0, 0.1) is 37.9 Å². The number of hydrogen-bond acceptors (Lipinski definition) is 5. The Morgan fingerprint density at radius 2 is 1.79 bits per heavy atom. The maximum atomic E-state index is 14.3. The summed E-state index contributed by atoms with van der Waals surface area (Å²) in [7, 11) is 0. The molecule has 1 aliphatic heterocycles. The lowest BCUT2D eigenvalue weighted by Crippen LogP contribution is -2.28. The van der Waals surface area contributed by atoms with Gasteiger partial charge in [0.15, 0.2) is 0 Å². The van der Waals surface area contributed by atoms with E-state index in [1.165, 1.54) is 51.7 Å². The van der Waals surface area contributed by atoms with Crippen molar-refractivity contribution in [2.75, 3.05) is 10.6 Å². The molecule has 0 spiro atoms. The second-order valence-corrected chi connectivity index (χ2v) is 12.9. The zero-order valence-electron chi connectivity index (χ0n) is 27.0. The van der Waals surface area contributed by atoms with E-state index >= 15 is 0 Å². The number of hydrogen-bond donors (Lipinski definition) is 2. The van der Waals surface area contributed by atoms with Crippen molar-refractivity contribution in [2.24, 2.45) is 5.41 Å². The molecule has 2 heterocycles. The van der Waals surface area contributed by atoms with Gasteiger partial charge in [0.25, 0.3) is 6.47 Å². The first-order valence-corrected chi connectivity index (χ1v) is 15.4. The molecule has 42 heavy (non-hydrogen) atoms. The second kappa shape index (κ2) is 16.0. The second-order valence-electron chi connectivity index (χ2n) is 12.1. The number of nitrogens with zero attached hydrogens (tertiary/aromatic N) is 2. The Kier molecular flexibility index (Phi) is 14.0. The van der Waals surface area contributed by atoms with E-state index in [0.29, 0.717) is 5.41 Å². The van der Waals surface area contributed by atoms with Gasteiger partial charge in [0, 0.05) is 17.4 Å². The SMILES string of the molecule is C#C.C/C=C\C1c2cc(F)cnc2-c2c(C)c(C3=CCC(C)(C)CC3)c(CC)c(C)c2N1SC.CC(C)(C)O.O=CO. The zero-order chi connectivity index (χ0) is 32.4. The number of benzene rings is 1. The van der Waals surface area contributed by atoms with Crippen LogP contribution in [0.5, 0.6) is 0 Å². The molecule has 0 radical (unpaired) electrons. The molecule has 2 N–H and O–H groups in total. The molecular formula is C35H49FN2O3S. The molecular weight excluding hydrogens is 547 g/mol. The van der Waals surface area contributed by atoms with E-state index in [1.54, 1.807) is 38.8 Å². The van der Waals surface area contributed by atoms with Crippen molar-refractivity contribution < 1.29 is 19.4 Å². The summed E-state index contributed by atoms with van der Waals surface area (Å²) in [4.78, 5) is 13.0. The van der Waals surface area contributed by atoms with E-state index in [0.717, 1.165) is 30.5 Å². The molecule has 5 nitrogen and oxygen atoms in total. The first-order valence-electron chi connectivity index (χ1n) is 14.3. The van der Waals surface area contributed by atoms with Gasteiger partial charge in [-0.15, -0.1) is 12.8 Å². The Morgan fingerprint density at radius 1 is 1.21 bits per heavy atom. The summed E-state index contributed by atoms with van der Waals surface area (Å²) in [6, 6.07) is 1.63. The maximum Gasteiger partial charge on any atom is 0.290 e. The van der Waals surface area contributed by atoms with Crippen molar-refractivity contribution >= 4 is 29.7 Å². The molecule has 1 unspecified atom stereocenters. The number of fused-ring (bicyclic) bond motifs is 3. The number of carboxylic acid groups (broad SMARTS) is 1. The highest BCUT2D eigenvalue weighted by Gasteiger charge is 2.36. The molecule has 7 heteroatoms. The number of rotatable bonds is 4. The van der Waals surface area contributed by atoms with Crippen LogP contribution < -0.4 is 4.31 Å². The lowest BCUT2D eigenvalue weighted by molar-refractivity contribution is -0.122. The summed E-state index contributed by atoms with van der Waals surface area (Å²) in [5.41, 5.74) is 11.1. The Balaban J connectivity index is 0.000000774. The summed E-state index contributed by atoms with van der Waals surface area (Å²) in [5, 5.41) is 15.4. The molecule has 1 aromatic heterocycles. The highest BCUT2D eigenvalue weighted by molar-refractivity contribution is 8.00. The molecule has 1 aliphatic carbocycles. The number of halogens is 1. The number of terminal acetylenes is 1.